The zero-order valence-corrected chi connectivity index (χ0v) is 13.3. The van der Waals surface area contributed by atoms with Gasteiger partial charge in [0.25, 0.3) is 5.91 Å². The lowest BCUT2D eigenvalue weighted by molar-refractivity contribution is -0.140. The number of nitrogens with zero attached hydrogens (tertiary/aromatic N) is 1. The van der Waals surface area contributed by atoms with Crippen molar-refractivity contribution in [3.05, 3.63) is 29.8 Å². The van der Waals surface area contributed by atoms with Crippen molar-refractivity contribution in [2.75, 3.05) is 31.7 Å². The lowest BCUT2D eigenvalue weighted by Crippen LogP contribution is -2.44. The molecule has 1 aromatic rings. The molecule has 1 atom stereocenters. The summed E-state index contributed by atoms with van der Waals surface area (Å²) in [5.74, 6) is -1.79. The Morgan fingerprint density at radius 2 is 2.00 bits per heavy atom. The summed E-state index contributed by atoms with van der Waals surface area (Å²) in [5.41, 5.74) is 1.48. The van der Waals surface area contributed by atoms with Gasteiger partial charge in [-0.3, -0.25) is 14.4 Å². The van der Waals surface area contributed by atoms with Crippen molar-refractivity contribution in [1.82, 2.24) is 10.6 Å². The minimum atomic E-state index is -0.816. The van der Waals surface area contributed by atoms with Gasteiger partial charge in [0.2, 0.25) is 0 Å². The van der Waals surface area contributed by atoms with Crippen LogP contribution in [0.15, 0.2) is 24.3 Å². The van der Waals surface area contributed by atoms with Crippen LogP contribution in [0.1, 0.15) is 24.9 Å². The molecule has 0 aromatic heterocycles. The monoisotopic (exact) mass is 319 g/mol. The van der Waals surface area contributed by atoms with Gasteiger partial charge in [-0.15, -0.1) is 0 Å². The fourth-order valence-corrected chi connectivity index (χ4v) is 2.55. The van der Waals surface area contributed by atoms with Crippen LogP contribution in [0.4, 0.5) is 5.69 Å². The molecular weight excluding hydrogens is 298 g/mol. The molecule has 1 aromatic carbocycles. The van der Waals surface area contributed by atoms with E-state index in [1.54, 1.807) is 24.1 Å². The second kappa shape index (κ2) is 7.73. The van der Waals surface area contributed by atoms with Gasteiger partial charge in [-0.1, -0.05) is 18.2 Å². The summed E-state index contributed by atoms with van der Waals surface area (Å²) in [4.78, 5) is 37.8. The standard InChI is InChI=1S/C16H21N3O4/c1-3-19-12-8-5-4-7-11(12)13(16(19)22)18-15(21)14(20)17-9-6-10-23-2/h4-5,7-8,13H,3,6,9-10H2,1-2H3,(H,17,20)(H,18,21). The Kier molecular flexibility index (Phi) is 5.70. The fourth-order valence-electron chi connectivity index (χ4n) is 2.55. The average molecular weight is 319 g/mol. The molecule has 2 rings (SSSR count). The molecule has 2 N–H and O–H groups in total. The van der Waals surface area contributed by atoms with Gasteiger partial charge in [0.15, 0.2) is 0 Å². The summed E-state index contributed by atoms with van der Waals surface area (Å²) >= 11 is 0. The van der Waals surface area contributed by atoms with Crippen LogP contribution in [-0.4, -0.2) is 44.5 Å². The van der Waals surface area contributed by atoms with Crippen LogP contribution in [0.3, 0.4) is 0 Å². The van der Waals surface area contributed by atoms with Crippen LogP contribution >= 0.6 is 0 Å². The summed E-state index contributed by atoms with van der Waals surface area (Å²) in [5, 5.41) is 5.02. The quantitative estimate of drug-likeness (QED) is 0.585. The Morgan fingerprint density at radius 3 is 2.70 bits per heavy atom. The van der Waals surface area contributed by atoms with Gasteiger partial charge in [-0.2, -0.15) is 0 Å². The third-order valence-corrected chi connectivity index (χ3v) is 3.66. The van der Waals surface area contributed by atoms with E-state index in [1.165, 1.54) is 0 Å². The first-order valence-electron chi connectivity index (χ1n) is 7.58. The number of anilines is 1. The Labute approximate surface area is 135 Å². The number of amides is 3. The molecule has 124 valence electrons. The van der Waals surface area contributed by atoms with Crippen molar-refractivity contribution in [1.29, 1.82) is 0 Å². The molecule has 7 nitrogen and oxygen atoms in total. The molecule has 0 saturated carbocycles. The van der Waals surface area contributed by atoms with Crippen molar-refractivity contribution in [3.63, 3.8) is 0 Å². The second-order valence-electron chi connectivity index (χ2n) is 5.15. The van der Waals surface area contributed by atoms with E-state index in [2.05, 4.69) is 10.6 Å². The molecule has 1 heterocycles. The summed E-state index contributed by atoms with van der Waals surface area (Å²) in [6.45, 7) is 3.21. The number of hydrogen-bond acceptors (Lipinski definition) is 4. The summed E-state index contributed by atoms with van der Waals surface area (Å²) in [7, 11) is 1.57. The molecule has 0 saturated heterocycles. The van der Waals surface area contributed by atoms with Gasteiger partial charge in [0, 0.05) is 38.1 Å². The number of likely N-dealkylation sites (N-methyl/N-ethyl adjacent to an activating group) is 1. The average Bonchev–Trinajstić information content (AvgIpc) is 2.83. The fraction of sp³-hybridized carbons (Fsp3) is 0.438. The van der Waals surface area contributed by atoms with Crippen LogP contribution in [0.5, 0.6) is 0 Å². The summed E-state index contributed by atoms with van der Waals surface area (Å²) in [6, 6.07) is 6.43. The predicted octanol–water partition coefficient (Wildman–Crippen LogP) is 0.363. The molecule has 3 amide bonds. The molecule has 0 aliphatic carbocycles. The Balaban J connectivity index is 2.01. The van der Waals surface area contributed by atoms with Crippen molar-refractivity contribution in [2.45, 2.75) is 19.4 Å². The molecule has 1 aliphatic rings. The zero-order chi connectivity index (χ0) is 16.8. The van der Waals surface area contributed by atoms with E-state index in [0.717, 1.165) is 5.69 Å². The summed E-state index contributed by atoms with van der Waals surface area (Å²) in [6.07, 6.45) is 0.615. The van der Waals surface area contributed by atoms with Crippen LogP contribution in [-0.2, 0) is 19.1 Å². The Morgan fingerprint density at radius 1 is 1.26 bits per heavy atom. The molecule has 0 spiro atoms. The molecule has 0 bridgehead atoms. The van der Waals surface area contributed by atoms with Crippen LogP contribution < -0.4 is 15.5 Å². The van der Waals surface area contributed by atoms with Gasteiger partial charge in [0.05, 0.1) is 0 Å². The highest BCUT2D eigenvalue weighted by atomic mass is 16.5. The summed E-state index contributed by atoms with van der Waals surface area (Å²) < 4.78 is 4.87. The maximum atomic E-state index is 12.4. The maximum Gasteiger partial charge on any atom is 0.310 e. The van der Waals surface area contributed by atoms with Gasteiger partial charge in [0.1, 0.15) is 6.04 Å². The van der Waals surface area contributed by atoms with E-state index in [-0.39, 0.29) is 5.91 Å². The normalized spacial score (nSPS) is 16.2. The van der Waals surface area contributed by atoms with Gasteiger partial charge in [-0.25, -0.2) is 0 Å². The number of fused-ring (bicyclic) bond motifs is 1. The molecule has 23 heavy (non-hydrogen) atoms. The van der Waals surface area contributed by atoms with E-state index < -0.39 is 17.9 Å². The van der Waals surface area contributed by atoms with E-state index >= 15 is 0 Å². The van der Waals surface area contributed by atoms with Gasteiger partial charge in [-0.05, 0) is 19.4 Å². The largest absolute Gasteiger partial charge is 0.385 e. The van der Waals surface area contributed by atoms with Crippen LogP contribution in [0.25, 0.3) is 0 Å². The number of methoxy groups -OCH3 is 1. The Bertz CT molecular complexity index is 603. The number of para-hydroxylation sites is 1. The highest BCUT2D eigenvalue weighted by Gasteiger charge is 2.37. The molecule has 1 unspecified atom stereocenters. The zero-order valence-electron chi connectivity index (χ0n) is 13.3. The number of carbonyl (C=O) groups excluding carboxylic acids is 3. The predicted molar refractivity (Wildman–Crippen MR) is 84.9 cm³/mol. The lowest BCUT2D eigenvalue weighted by Gasteiger charge is -2.15. The third kappa shape index (κ3) is 3.68. The number of rotatable bonds is 6. The van der Waals surface area contributed by atoms with Crippen LogP contribution in [0.2, 0.25) is 0 Å². The second-order valence-corrected chi connectivity index (χ2v) is 5.15. The van der Waals surface area contributed by atoms with Gasteiger partial charge >= 0.3 is 11.8 Å². The maximum absolute atomic E-state index is 12.4. The molecule has 0 fully saturated rings. The minimum absolute atomic E-state index is 0.228. The minimum Gasteiger partial charge on any atom is -0.385 e. The first-order chi connectivity index (χ1) is 11.1. The van der Waals surface area contributed by atoms with E-state index in [4.69, 9.17) is 4.74 Å². The molecular formula is C16H21N3O4. The molecule has 7 heteroatoms. The number of carbonyl (C=O) groups is 3. The lowest BCUT2D eigenvalue weighted by atomic mass is 10.1. The van der Waals surface area contributed by atoms with Crippen molar-refractivity contribution in [3.8, 4) is 0 Å². The third-order valence-electron chi connectivity index (χ3n) is 3.66. The first-order valence-corrected chi connectivity index (χ1v) is 7.58. The van der Waals surface area contributed by atoms with Crippen molar-refractivity contribution in [2.24, 2.45) is 0 Å². The Hall–Kier alpha value is -2.41. The first kappa shape index (κ1) is 17.0. The van der Waals surface area contributed by atoms with E-state index in [9.17, 15) is 14.4 Å². The van der Waals surface area contributed by atoms with Crippen molar-refractivity contribution >= 4 is 23.4 Å². The highest BCUT2D eigenvalue weighted by molar-refractivity contribution is 6.35. The topological polar surface area (TPSA) is 87.7 Å². The molecule has 0 radical (unpaired) electrons. The SMILES string of the molecule is CCN1C(=O)C(NC(=O)C(=O)NCCCOC)c2ccccc21. The van der Waals surface area contributed by atoms with Gasteiger partial charge < -0.3 is 20.3 Å². The van der Waals surface area contributed by atoms with E-state index in [0.29, 0.717) is 31.7 Å². The molecule has 1 aliphatic heterocycles. The van der Waals surface area contributed by atoms with E-state index in [1.807, 2.05) is 19.1 Å². The smallest absolute Gasteiger partial charge is 0.310 e. The van der Waals surface area contributed by atoms with Crippen molar-refractivity contribution < 1.29 is 19.1 Å². The number of benzene rings is 1. The number of ether oxygens (including phenoxy) is 1. The van der Waals surface area contributed by atoms with Crippen LogP contribution in [0, 0.1) is 0 Å². The highest BCUT2D eigenvalue weighted by Crippen LogP contribution is 2.35. The number of hydrogen-bond donors (Lipinski definition) is 2. The number of nitrogens with one attached hydrogen (secondary N) is 2.